The largest absolute Gasteiger partial charge is 0.497 e. The maximum atomic E-state index is 12.5. The van der Waals surface area contributed by atoms with Crippen LogP contribution < -0.4 is 4.74 Å². The molecule has 3 rings (SSSR count). The fourth-order valence-corrected chi connectivity index (χ4v) is 3.62. The van der Waals surface area contributed by atoms with Crippen molar-refractivity contribution < 1.29 is 28.6 Å². The van der Waals surface area contributed by atoms with Crippen LogP contribution in [0, 0.1) is 5.92 Å². The lowest BCUT2D eigenvalue weighted by Crippen LogP contribution is -2.37. The Labute approximate surface area is 164 Å². The van der Waals surface area contributed by atoms with E-state index in [-0.39, 0.29) is 18.0 Å². The lowest BCUT2D eigenvalue weighted by Gasteiger charge is -2.26. The molecule has 0 spiro atoms. The van der Waals surface area contributed by atoms with E-state index in [4.69, 9.17) is 14.2 Å². The molecule has 2 aliphatic heterocycles. The molecule has 0 aromatic heterocycles. The number of benzene rings is 1. The minimum absolute atomic E-state index is 0.124. The van der Waals surface area contributed by atoms with Gasteiger partial charge < -0.3 is 14.2 Å². The summed E-state index contributed by atoms with van der Waals surface area (Å²) in [6.07, 6.45) is 0.989. The fourth-order valence-electron chi connectivity index (χ4n) is 3.62. The quantitative estimate of drug-likeness (QED) is 0.467. The Morgan fingerprint density at radius 3 is 2.79 bits per heavy atom. The molecule has 7 nitrogen and oxygen atoms in total. The van der Waals surface area contributed by atoms with Gasteiger partial charge in [0.15, 0.2) is 23.6 Å². The zero-order chi connectivity index (χ0) is 19.9. The number of esters is 1. The van der Waals surface area contributed by atoms with E-state index < -0.39 is 18.0 Å². The molecule has 7 heteroatoms. The molecular formula is C21H27NO6. The summed E-state index contributed by atoms with van der Waals surface area (Å²) in [7, 11) is 1.58. The van der Waals surface area contributed by atoms with Crippen LogP contribution in [0.5, 0.6) is 5.75 Å². The number of morpholine rings is 1. The summed E-state index contributed by atoms with van der Waals surface area (Å²) in [4.78, 5) is 39.4. The van der Waals surface area contributed by atoms with Crippen LogP contribution >= 0.6 is 0 Å². The van der Waals surface area contributed by atoms with Gasteiger partial charge in [-0.3, -0.25) is 19.3 Å². The van der Waals surface area contributed by atoms with Gasteiger partial charge in [-0.2, -0.15) is 0 Å². The highest BCUT2D eigenvalue weighted by Gasteiger charge is 2.46. The number of rotatable bonds is 9. The lowest BCUT2D eigenvalue weighted by molar-refractivity contribution is -0.147. The number of carbonyl (C=O) groups is 3. The van der Waals surface area contributed by atoms with Gasteiger partial charge in [0.25, 0.3) is 0 Å². The highest BCUT2D eigenvalue weighted by molar-refractivity contribution is 6.21. The Bertz CT molecular complexity index is 713. The summed E-state index contributed by atoms with van der Waals surface area (Å²) >= 11 is 0. The zero-order valence-corrected chi connectivity index (χ0v) is 16.2. The number of ketones is 2. The van der Waals surface area contributed by atoms with Crippen LogP contribution in [0.3, 0.4) is 0 Å². The second-order valence-electron chi connectivity index (χ2n) is 7.17. The third-order valence-electron chi connectivity index (χ3n) is 5.26. The molecule has 1 aromatic carbocycles. The number of Topliss-reactive ketones (excluding diaryl/α,β-unsaturated/α-hetero) is 2. The van der Waals surface area contributed by atoms with Crippen LogP contribution in [-0.4, -0.2) is 68.5 Å². The Morgan fingerprint density at radius 2 is 2.04 bits per heavy atom. The van der Waals surface area contributed by atoms with Crippen molar-refractivity contribution in [2.75, 3.05) is 40.0 Å². The summed E-state index contributed by atoms with van der Waals surface area (Å²) in [5.41, 5.74) is 0.925. The second kappa shape index (κ2) is 9.80. The molecule has 152 valence electrons. The number of cyclic esters (lactones) is 1. The molecule has 0 amide bonds. The zero-order valence-electron chi connectivity index (χ0n) is 16.2. The molecule has 2 aliphatic rings. The number of hydrogen-bond acceptors (Lipinski definition) is 7. The van der Waals surface area contributed by atoms with E-state index in [9.17, 15) is 14.4 Å². The first-order valence-corrected chi connectivity index (χ1v) is 9.78. The monoisotopic (exact) mass is 389 g/mol. The SMILES string of the molecule is COc1cccc(CCC(=O)C2C(=O)OC(CCCN3CCOCC3)C2=O)c1. The number of nitrogens with zero attached hydrogens (tertiary/aromatic N) is 1. The van der Waals surface area contributed by atoms with Gasteiger partial charge in [-0.1, -0.05) is 12.1 Å². The first-order valence-electron chi connectivity index (χ1n) is 9.78. The maximum absolute atomic E-state index is 12.5. The standard InChI is InChI=1S/C21H27NO6/c1-26-16-5-2-4-15(14-16)7-8-17(23)19-20(24)18(28-21(19)25)6-3-9-22-10-12-27-13-11-22/h2,4-5,14,18-19H,3,6-13H2,1H3. The molecule has 0 saturated carbocycles. The molecule has 28 heavy (non-hydrogen) atoms. The summed E-state index contributed by atoms with van der Waals surface area (Å²) < 4.78 is 15.7. The predicted molar refractivity (Wildman–Crippen MR) is 101 cm³/mol. The highest BCUT2D eigenvalue weighted by Crippen LogP contribution is 2.24. The van der Waals surface area contributed by atoms with Crippen molar-refractivity contribution in [1.29, 1.82) is 0 Å². The van der Waals surface area contributed by atoms with Crippen LogP contribution in [0.25, 0.3) is 0 Å². The average Bonchev–Trinajstić information content (AvgIpc) is 3.00. The van der Waals surface area contributed by atoms with E-state index in [0.29, 0.717) is 18.6 Å². The highest BCUT2D eigenvalue weighted by atomic mass is 16.6. The van der Waals surface area contributed by atoms with E-state index in [1.807, 2.05) is 24.3 Å². The van der Waals surface area contributed by atoms with Gasteiger partial charge in [0.1, 0.15) is 5.75 Å². The minimum Gasteiger partial charge on any atom is -0.497 e. The lowest BCUT2D eigenvalue weighted by atomic mass is 9.93. The molecule has 0 radical (unpaired) electrons. The summed E-state index contributed by atoms with van der Waals surface area (Å²) in [6.45, 7) is 4.04. The molecule has 2 heterocycles. The Kier molecular flexibility index (Phi) is 7.17. The Morgan fingerprint density at radius 1 is 1.25 bits per heavy atom. The first-order chi connectivity index (χ1) is 13.6. The van der Waals surface area contributed by atoms with Crippen LogP contribution in [0.1, 0.15) is 24.8 Å². The minimum atomic E-state index is -1.26. The van der Waals surface area contributed by atoms with Gasteiger partial charge in [0, 0.05) is 19.5 Å². The van der Waals surface area contributed by atoms with Crippen LogP contribution in [0.2, 0.25) is 0 Å². The maximum Gasteiger partial charge on any atom is 0.325 e. The molecular weight excluding hydrogens is 362 g/mol. The molecule has 0 N–H and O–H groups in total. The van der Waals surface area contributed by atoms with Crippen LogP contribution in [0.15, 0.2) is 24.3 Å². The number of aryl methyl sites for hydroxylation is 1. The van der Waals surface area contributed by atoms with Crippen molar-refractivity contribution >= 4 is 17.5 Å². The Balaban J connectivity index is 1.47. The Hall–Kier alpha value is -2.25. The van der Waals surface area contributed by atoms with Crippen molar-refractivity contribution in [3.05, 3.63) is 29.8 Å². The van der Waals surface area contributed by atoms with E-state index >= 15 is 0 Å². The second-order valence-corrected chi connectivity index (χ2v) is 7.17. The van der Waals surface area contributed by atoms with E-state index in [1.165, 1.54) is 0 Å². The molecule has 0 bridgehead atoms. The van der Waals surface area contributed by atoms with E-state index in [1.54, 1.807) is 7.11 Å². The summed E-state index contributed by atoms with van der Waals surface area (Å²) in [5, 5.41) is 0. The van der Waals surface area contributed by atoms with Crippen LogP contribution in [0.4, 0.5) is 0 Å². The van der Waals surface area contributed by atoms with E-state index in [0.717, 1.165) is 44.8 Å². The molecule has 2 fully saturated rings. The van der Waals surface area contributed by atoms with Gasteiger partial charge in [-0.05, 0) is 43.5 Å². The van der Waals surface area contributed by atoms with Gasteiger partial charge in [-0.15, -0.1) is 0 Å². The molecule has 0 aliphatic carbocycles. The molecule has 2 atom stereocenters. The predicted octanol–water partition coefficient (Wildman–Crippen LogP) is 1.42. The third-order valence-corrected chi connectivity index (χ3v) is 5.26. The first kappa shape index (κ1) is 20.5. The number of hydrogen-bond donors (Lipinski definition) is 0. The number of methoxy groups -OCH3 is 1. The van der Waals surface area contributed by atoms with Crippen LogP contribution in [-0.2, 0) is 30.3 Å². The van der Waals surface area contributed by atoms with Crippen molar-refractivity contribution in [2.45, 2.75) is 31.8 Å². The van der Waals surface area contributed by atoms with Gasteiger partial charge in [-0.25, -0.2) is 0 Å². The topological polar surface area (TPSA) is 82.1 Å². The van der Waals surface area contributed by atoms with E-state index in [2.05, 4.69) is 4.90 Å². The third kappa shape index (κ3) is 5.17. The average molecular weight is 389 g/mol. The molecule has 1 aromatic rings. The van der Waals surface area contributed by atoms with Crippen molar-refractivity contribution in [2.24, 2.45) is 5.92 Å². The molecule has 2 saturated heterocycles. The fraction of sp³-hybridized carbons (Fsp3) is 0.571. The summed E-state index contributed by atoms with van der Waals surface area (Å²) in [6, 6.07) is 7.40. The van der Waals surface area contributed by atoms with Gasteiger partial charge in [0.05, 0.1) is 20.3 Å². The van der Waals surface area contributed by atoms with Gasteiger partial charge in [0.2, 0.25) is 0 Å². The van der Waals surface area contributed by atoms with Crippen molar-refractivity contribution in [3.8, 4) is 5.75 Å². The normalized spacial score (nSPS) is 22.9. The number of ether oxygens (including phenoxy) is 3. The number of carbonyl (C=O) groups excluding carboxylic acids is 3. The smallest absolute Gasteiger partial charge is 0.325 e. The molecule has 2 unspecified atom stereocenters. The summed E-state index contributed by atoms with van der Waals surface area (Å²) in [5.74, 6) is -2.01. The van der Waals surface area contributed by atoms with Crippen molar-refractivity contribution in [3.63, 3.8) is 0 Å². The van der Waals surface area contributed by atoms with Crippen molar-refractivity contribution in [1.82, 2.24) is 4.90 Å². The van der Waals surface area contributed by atoms with Gasteiger partial charge >= 0.3 is 5.97 Å².